The standard InChI is InChI=1S/C21H26N6O4/c1-15-23-26(14-20(28)22-7-8-25-9-11-31-12-10-25)21(29)19-13-18(24-27(15)19)16-3-5-17(30-2)6-4-16/h3-6,13H,7-12,14H2,1-2H3,(H,22,28). The zero-order chi connectivity index (χ0) is 21.8. The van der Waals surface area contributed by atoms with Crippen molar-refractivity contribution >= 4 is 11.4 Å². The first-order valence-electron chi connectivity index (χ1n) is 10.2. The van der Waals surface area contributed by atoms with E-state index in [0.29, 0.717) is 23.6 Å². The average Bonchev–Trinajstić information content (AvgIpc) is 3.24. The lowest BCUT2D eigenvalue weighted by Crippen LogP contribution is -2.42. The van der Waals surface area contributed by atoms with Crippen LogP contribution in [0.4, 0.5) is 0 Å². The number of hydrogen-bond donors (Lipinski definition) is 1. The molecule has 0 atom stereocenters. The van der Waals surface area contributed by atoms with Crippen LogP contribution in [-0.4, -0.2) is 76.7 Å². The van der Waals surface area contributed by atoms with Crippen LogP contribution in [0.3, 0.4) is 0 Å². The highest BCUT2D eigenvalue weighted by Crippen LogP contribution is 2.21. The van der Waals surface area contributed by atoms with Crippen molar-refractivity contribution in [2.24, 2.45) is 0 Å². The first-order chi connectivity index (χ1) is 15.0. The summed E-state index contributed by atoms with van der Waals surface area (Å²) in [5, 5.41) is 11.6. The molecular weight excluding hydrogens is 400 g/mol. The third-order valence-corrected chi connectivity index (χ3v) is 5.27. The molecule has 0 radical (unpaired) electrons. The number of methoxy groups -OCH3 is 1. The van der Waals surface area contributed by atoms with Crippen molar-refractivity contribution < 1.29 is 14.3 Å². The number of rotatable bonds is 7. The number of morpholine rings is 1. The highest BCUT2D eigenvalue weighted by molar-refractivity contribution is 5.75. The topological polar surface area (TPSA) is 103 Å². The molecule has 0 aliphatic carbocycles. The summed E-state index contributed by atoms with van der Waals surface area (Å²) in [4.78, 5) is 27.5. The van der Waals surface area contributed by atoms with Gasteiger partial charge in [-0.05, 0) is 37.3 Å². The second-order valence-corrected chi connectivity index (χ2v) is 7.37. The molecule has 1 N–H and O–H groups in total. The summed E-state index contributed by atoms with van der Waals surface area (Å²) in [6.45, 7) is 6.06. The number of nitrogens with one attached hydrogen (secondary N) is 1. The minimum Gasteiger partial charge on any atom is -0.497 e. The number of fused-ring (bicyclic) bond motifs is 1. The van der Waals surface area contributed by atoms with Gasteiger partial charge in [-0.3, -0.25) is 14.5 Å². The molecule has 1 aromatic carbocycles. The lowest BCUT2D eigenvalue weighted by molar-refractivity contribution is -0.122. The number of ether oxygens (including phenoxy) is 2. The fourth-order valence-corrected chi connectivity index (χ4v) is 3.55. The Kier molecular flexibility index (Phi) is 6.28. The van der Waals surface area contributed by atoms with Crippen molar-refractivity contribution in [1.29, 1.82) is 0 Å². The maximum Gasteiger partial charge on any atom is 0.293 e. The molecule has 0 bridgehead atoms. The minimum atomic E-state index is -0.360. The Morgan fingerprint density at radius 1 is 1.19 bits per heavy atom. The van der Waals surface area contributed by atoms with Gasteiger partial charge in [0.25, 0.3) is 5.56 Å². The van der Waals surface area contributed by atoms with Crippen LogP contribution in [0.2, 0.25) is 0 Å². The summed E-state index contributed by atoms with van der Waals surface area (Å²) in [5.41, 5.74) is 1.52. The van der Waals surface area contributed by atoms with Crippen LogP contribution in [0.1, 0.15) is 5.82 Å². The summed E-state index contributed by atoms with van der Waals surface area (Å²) >= 11 is 0. The Morgan fingerprint density at radius 2 is 1.94 bits per heavy atom. The van der Waals surface area contributed by atoms with E-state index < -0.39 is 0 Å². The third kappa shape index (κ3) is 4.75. The molecule has 31 heavy (non-hydrogen) atoms. The van der Waals surface area contributed by atoms with E-state index in [1.807, 2.05) is 24.3 Å². The number of nitrogens with zero attached hydrogens (tertiary/aromatic N) is 5. The lowest BCUT2D eigenvalue weighted by Gasteiger charge is -2.26. The number of carbonyl (C=O) groups excluding carboxylic acids is 1. The number of aryl methyl sites for hydroxylation is 1. The van der Waals surface area contributed by atoms with Crippen molar-refractivity contribution in [2.75, 3.05) is 46.5 Å². The molecule has 1 saturated heterocycles. The Hall–Kier alpha value is -3.24. The summed E-state index contributed by atoms with van der Waals surface area (Å²) < 4.78 is 13.2. The molecular formula is C21H26N6O4. The molecule has 1 amide bonds. The molecule has 1 fully saturated rings. The fraction of sp³-hybridized carbons (Fsp3) is 0.429. The molecule has 4 rings (SSSR count). The van der Waals surface area contributed by atoms with E-state index in [2.05, 4.69) is 20.4 Å². The fourth-order valence-electron chi connectivity index (χ4n) is 3.55. The normalized spacial score (nSPS) is 14.6. The first-order valence-corrected chi connectivity index (χ1v) is 10.2. The van der Waals surface area contributed by atoms with E-state index in [1.54, 1.807) is 20.1 Å². The van der Waals surface area contributed by atoms with Gasteiger partial charge in [-0.2, -0.15) is 10.2 Å². The number of aromatic nitrogens is 4. The van der Waals surface area contributed by atoms with Gasteiger partial charge in [0.15, 0.2) is 0 Å². The van der Waals surface area contributed by atoms with Gasteiger partial charge in [0.1, 0.15) is 23.6 Å². The molecule has 1 aliphatic heterocycles. The summed E-state index contributed by atoms with van der Waals surface area (Å²) in [7, 11) is 1.61. The quantitative estimate of drug-likeness (QED) is 0.581. The van der Waals surface area contributed by atoms with Gasteiger partial charge in [-0.15, -0.1) is 0 Å². The molecule has 164 valence electrons. The van der Waals surface area contributed by atoms with E-state index in [0.717, 1.165) is 44.2 Å². The van der Waals surface area contributed by atoms with Gasteiger partial charge in [-0.25, -0.2) is 9.20 Å². The van der Waals surface area contributed by atoms with Crippen LogP contribution in [-0.2, 0) is 16.1 Å². The van der Waals surface area contributed by atoms with Crippen molar-refractivity contribution in [2.45, 2.75) is 13.5 Å². The largest absolute Gasteiger partial charge is 0.497 e. The molecule has 0 unspecified atom stereocenters. The van der Waals surface area contributed by atoms with Gasteiger partial charge in [-0.1, -0.05) is 0 Å². The van der Waals surface area contributed by atoms with Crippen LogP contribution >= 0.6 is 0 Å². The highest BCUT2D eigenvalue weighted by atomic mass is 16.5. The molecule has 10 nitrogen and oxygen atoms in total. The van der Waals surface area contributed by atoms with E-state index in [9.17, 15) is 9.59 Å². The number of carbonyl (C=O) groups is 1. The van der Waals surface area contributed by atoms with Crippen molar-refractivity contribution in [3.05, 3.63) is 46.5 Å². The predicted molar refractivity (Wildman–Crippen MR) is 114 cm³/mol. The maximum atomic E-state index is 12.9. The van der Waals surface area contributed by atoms with Crippen molar-refractivity contribution in [1.82, 2.24) is 29.6 Å². The second-order valence-electron chi connectivity index (χ2n) is 7.37. The molecule has 3 aromatic rings. The zero-order valence-corrected chi connectivity index (χ0v) is 17.7. The maximum absolute atomic E-state index is 12.9. The number of benzene rings is 1. The SMILES string of the molecule is COc1ccc(-c2cc3c(=O)n(CC(=O)NCCN4CCOCC4)nc(C)n3n2)cc1. The van der Waals surface area contributed by atoms with E-state index in [1.165, 1.54) is 9.20 Å². The monoisotopic (exact) mass is 426 g/mol. The van der Waals surface area contributed by atoms with Crippen molar-refractivity contribution in [3.8, 4) is 17.0 Å². The summed E-state index contributed by atoms with van der Waals surface area (Å²) in [5.74, 6) is 1.02. The van der Waals surface area contributed by atoms with Gasteiger partial charge in [0.2, 0.25) is 5.91 Å². The Morgan fingerprint density at radius 3 is 2.65 bits per heavy atom. The highest BCUT2D eigenvalue weighted by Gasteiger charge is 2.15. The average molecular weight is 426 g/mol. The molecule has 0 spiro atoms. The number of hydrogen-bond acceptors (Lipinski definition) is 7. The van der Waals surface area contributed by atoms with Gasteiger partial charge >= 0.3 is 0 Å². The third-order valence-electron chi connectivity index (χ3n) is 5.27. The van der Waals surface area contributed by atoms with Crippen LogP contribution in [0.5, 0.6) is 5.75 Å². The van der Waals surface area contributed by atoms with E-state index in [-0.39, 0.29) is 18.0 Å². The Bertz CT molecular complexity index is 1120. The van der Waals surface area contributed by atoms with Gasteiger partial charge < -0.3 is 14.8 Å². The molecule has 10 heteroatoms. The molecule has 2 aromatic heterocycles. The van der Waals surface area contributed by atoms with E-state index in [4.69, 9.17) is 9.47 Å². The minimum absolute atomic E-state index is 0.137. The van der Waals surface area contributed by atoms with Crippen molar-refractivity contribution in [3.63, 3.8) is 0 Å². The van der Waals surface area contributed by atoms with Gasteiger partial charge in [0, 0.05) is 31.7 Å². The van der Waals surface area contributed by atoms with Crippen LogP contribution in [0.25, 0.3) is 16.8 Å². The van der Waals surface area contributed by atoms with Crippen LogP contribution in [0.15, 0.2) is 35.1 Å². The molecule has 1 aliphatic rings. The van der Waals surface area contributed by atoms with E-state index >= 15 is 0 Å². The van der Waals surface area contributed by atoms with Crippen LogP contribution in [0, 0.1) is 6.92 Å². The Balaban J connectivity index is 1.47. The molecule has 0 saturated carbocycles. The summed E-state index contributed by atoms with van der Waals surface area (Å²) in [6, 6.07) is 9.15. The predicted octanol–water partition coefficient (Wildman–Crippen LogP) is 0.323. The van der Waals surface area contributed by atoms with Gasteiger partial charge in [0.05, 0.1) is 26.0 Å². The lowest BCUT2D eigenvalue weighted by atomic mass is 10.1. The molecule has 3 heterocycles. The zero-order valence-electron chi connectivity index (χ0n) is 17.7. The number of amides is 1. The first kappa shape index (κ1) is 21.0. The second kappa shape index (κ2) is 9.27. The summed E-state index contributed by atoms with van der Waals surface area (Å²) in [6.07, 6.45) is 0. The Labute approximate surface area is 179 Å². The smallest absolute Gasteiger partial charge is 0.293 e. The van der Waals surface area contributed by atoms with Crippen LogP contribution < -0.4 is 15.6 Å².